The van der Waals surface area contributed by atoms with Gasteiger partial charge in [0.1, 0.15) is 5.76 Å². The van der Waals surface area contributed by atoms with Gasteiger partial charge in [0.15, 0.2) is 0 Å². The first kappa shape index (κ1) is 16.1. The molecule has 122 valence electrons. The van der Waals surface area contributed by atoms with Crippen molar-refractivity contribution in [3.8, 4) is 0 Å². The molecule has 1 aromatic heterocycles. The highest BCUT2D eigenvalue weighted by atomic mass is 79.9. The van der Waals surface area contributed by atoms with Gasteiger partial charge in [-0.25, -0.2) is 0 Å². The van der Waals surface area contributed by atoms with Gasteiger partial charge in [0, 0.05) is 49.2 Å². The van der Waals surface area contributed by atoms with Gasteiger partial charge in [-0.1, -0.05) is 15.9 Å². The number of benzene rings is 1. The summed E-state index contributed by atoms with van der Waals surface area (Å²) in [4.78, 5) is 16.6. The number of hydrogen-bond acceptors (Lipinski definition) is 3. The normalized spacial score (nSPS) is 15.0. The van der Waals surface area contributed by atoms with Crippen LogP contribution in [0.2, 0.25) is 0 Å². The van der Waals surface area contributed by atoms with Gasteiger partial charge in [0.2, 0.25) is 5.91 Å². The molecule has 4 nitrogen and oxygen atoms in total. The Labute approximate surface area is 145 Å². The summed E-state index contributed by atoms with van der Waals surface area (Å²) in [6.45, 7) is 5.43. The average Bonchev–Trinajstić information content (AvgIpc) is 3.09. The van der Waals surface area contributed by atoms with Crippen LogP contribution in [-0.4, -0.2) is 37.0 Å². The number of carbonyl (C=O) groups is 1. The fourth-order valence-corrected chi connectivity index (χ4v) is 3.13. The monoisotopic (exact) mass is 376 g/mol. The quantitative estimate of drug-likeness (QED) is 0.817. The Bertz CT molecular complexity index is 662. The summed E-state index contributed by atoms with van der Waals surface area (Å²) in [5, 5.41) is 0. The van der Waals surface area contributed by atoms with Gasteiger partial charge in [-0.05, 0) is 42.8 Å². The lowest BCUT2D eigenvalue weighted by atomic mass is 10.1. The second-order valence-electron chi connectivity index (χ2n) is 5.88. The number of nitrogens with zero attached hydrogens (tertiary/aromatic N) is 2. The molecule has 0 radical (unpaired) electrons. The van der Waals surface area contributed by atoms with E-state index < -0.39 is 0 Å². The van der Waals surface area contributed by atoms with E-state index in [2.05, 4.69) is 46.0 Å². The molecule has 0 N–H and O–H groups in total. The third-order valence-corrected chi connectivity index (χ3v) is 5.19. The summed E-state index contributed by atoms with van der Waals surface area (Å²) in [5.74, 6) is 1.09. The third-order valence-electron chi connectivity index (χ3n) is 4.30. The number of piperazine rings is 1. The van der Waals surface area contributed by atoms with Gasteiger partial charge < -0.3 is 14.2 Å². The highest BCUT2D eigenvalue weighted by molar-refractivity contribution is 9.10. The van der Waals surface area contributed by atoms with Gasteiger partial charge in [-0.3, -0.25) is 4.79 Å². The van der Waals surface area contributed by atoms with Crippen LogP contribution in [0.3, 0.4) is 0 Å². The van der Waals surface area contributed by atoms with Crippen molar-refractivity contribution in [1.82, 2.24) is 4.90 Å². The maximum atomic E-state index is 12.3. The molecule has 0 saturated carbocycles. The largest absolute Gasteiger partial charge is 0.469 e. The molecule has 0 atom stereocenters. The molecule has 0 unspecified atom stereocenters. The first-order chi connectivity index (χ1) is 11.1. The van der Waals surface area contributed by atoms with Crippen LogP contribution in [0.1, 0.15) is 17.7 Å². The SMILES string of the molecule is Cc1cc(N2CCN(C(=O)CCc3ccco3)CC2)ccc1Br. The summed E-state index contributed by atoms with van der Waals surface area (Å²) < 4.78 is 6.42. The Hall–Kier alpha value is -1.75. The predicted molar refractivity (Wildman–Crippen MR) is 94.7 cm³/mol. The predicted octanol–water partition coefficient (Wildman–Crippen LogP) is 3.63. The molecule has 5 heteroatoms. The van der Waals surface area contributed by atoms with Crippen molar-refractivity contribution in [2.75, 3.05) is 31.1 Å². The zero-order valence-electron chi connectivity index (χ0n) is 13.3. The molecular formula is C18H21BrN2O2. The molecule has 1 aliphatic heterocycles. The van der Waals surface area contributed by atoms with E-state index in [0.29, 0.717) is 12.8 Å². The number of furan rings is 1. The van der Waals surface area contributed by atoms with Crippen LogP contribution in [0, 0.1) is 6.92 Å². The maximum Gasteiger partial charge on any atom is 0.223 e. The van der Waals surface area contributed by atoms with E-state index in [9.17, 15) is 4.79 Å². The van der Waals surface area contributed by atoms with E-state index in [4.69, 9.17) is 4.42 Å². The molecule has 1 amide bonds. The number of anilines is 1. The molecule has 1 fully saturated rings. The Balaban J connectivity index is 1.51. The van der Waals surface area contributed by atoms with Crippen molar-refractivity contribution in [1.29, 1.82) is 0 Å². The molecule has 3 rings (SSSR count). The smallest absolute Gasteiger partial charge is 0.223 e. The molecule has 2 heterocycles. The van der Waals surface area contributed by atoms with Crippen LogP contribution >= 0.6 is 15.9 Å². The lowest BCUT2D eigenvalue weighted by Gasteiger charge is -2.36. The first-order valence-corrected chi connectivity index (χ1v) is 8.74. The summed E-state index contributed by atoms with van der Waals surface area (Å²) in [5.41, 5.74) is 2.47. The molecule has 0 bridgehead atoms. The number of rotatable bonds is 4. The van der Waals surface area contributed by atoms with Crippen LogP contribution in [0.5, 0.6) is 0 Å². The zero-order chi connectivity index (χ0) is 16.2. The minimum Gasteiger partial charge on any atom is -0.469 e. The molecule has 0 spiro atoms. The molecule has 2 aromatic rings. The highest BCUT2D eigenvalue weighted by Crippen LogP contribution is 2.24. The Kier molecular flexibility index (Phi) is 5.06. The third kappa shape index (κ3) is 3.96. The van der Waals surface area contributed by atoms with Gasteiger partial charge in [-0.15, -0.1) is 0 Å². The molecule has 1 aliphatic rings. The van der Waals surface area contributed by atoms with E-state index in [1.807, 2.05) is 17.0 Å². The lowest BCUT2D eigenvalue weighted by molar-refractivity contribution is -0.131. The van der Waals surface area contributed by atoms with Gasteiger partial charge in [-0.2, -0.15) is 0 Å². The Morgan fingerprint density at radius 2 is 2.00 bits per heavy atom. The summed E-state index contributed by atoms with van der Waals surface area (Å²) >= 11 is 3.54. The molecule has 0 aliphatic carbocycles. The van der Waals surface area contributed by atoms with Gasteiger partial charge >= 0.3 is 0 Å². The summed E-state index contributed by atoms with van der Waals surface area (Å²) in [6, 6.07) is 10.2. The average molecular weight is 377 g/mol. The minimum absolute atomic E-state index is 0.216. The van der Waals surface area contributed by atoms with E-state index in [1.54, 1.807) is 6.26 Å². The minimum atomic E-state index is 0.216. The number of halogens is 1. The fraction of sp³-hybridized carbons (Fsp3) is 0.389. The zero-order valence-corrected chi connectivity index (χ0v) is 14.9. The van der Waals surface area contributed by atoms with Gasteiger partial charge in [0.25, 0.3) is 0 Å². The van der Waals surface area contributed by atoms with E-state index in [1.165, 1.54) is 11.3 Å². The van der Waals surface area contributed by atoms with Crippen LogP contribution in [0.25, 0.3) is 0 Å². The molecule has 23 heavy (non-hydrogen) atoms. The van der Waals surface area contributed by atoms with Crippen molar-refractivity contribution >= 4 is 27.5 Å². The summed E-state index contributed by atoms with van der Waals surface area (Å²) in [6.07, 6.45) is 2.85. The van der Waals surface area contributed by atoms with Crippen molar-refractivity contribution in [2.24, 2.45) is 0 Å². The Morgan fingerprint density at radius 1 is 1.22 bits per heavy atom. The molecule has 1 aromatic carbocycles. The van der Waals surface area contributed by atoms with Gasteiger partial charge in [0.05, 0.1) is 6.26 Å². The molecular weight excluding hydrogens is 356 g/mol. The van der Waals surface area contributed by atoms with Crippen LogP contribution in [0.4, 0.5) is 5.69 Å². The second-order valence-corrected chi connectivity index (χ2v) is 6.74. The van der Waals surface area contributed by atoms with Crippen molar-refractivity contribution < 1.29 is 9.21 Å². The standard InChI is InChI=1S/C18H21BrN2O2/c1-14-13-15(4-6-17(14)19)20-8-10-21(11-9-20)18(22)7-5-16-3-2-12-23-16/h2-4,6,12-13H,5,7-11H2,1H3. The summed E-state index contributed by atoms with van der Waals surface area (Å²) in [7, 11) is 0. The Morgan fingerprint density at radius 3 is 2.65 bits per heavy atom. The topological polar surface area (TPSA) is 36.7 Å². The number of aryl methyl sites for hydroxylation is 2. The number of amides is 1. The number of carbonyl (C=O) groups excluding carboxylic acids is 1. The maximum absolute atomic E-state index is 12.3. The van der Waals surface area contributed by atoms with Crippen molar-refractivity contribution in [3.63, 3.8) is 0 Å². The van der Waals surface area contributed by atoms with E-state index in [-0.39, 0.29) is 5.91 Å². The van der Waals surface area contributed by atoms with Crippen LogP contribution in [0.15, 0.2) is 45.5 Å². The fourth-order valence-electron chi connectivity index (χ4n) is 2.88. The van der Waals surface area contributed by atoms with Crippen LogP contribution in [-0.2, 0) is 11.2 Å². The first-order valence-electron chi connectivity index (χ1n) is 7.95. The number of hydrogen-bond donors (Lipinski definition) is 0. The van der Waals surface area contributed by atoms with E-state index >= 15 is 0 Å². The van der Waals surface area contributed by atoms with E-state index in [0.717, 1.165) is 36.4 Å². The highest BCUT2D eigenvalue weighted by Gasteiger charge is 2.21. The van der Waals surface area contributed by atoms with Crippen LogP contribution < -0.4 is 4.90 Å². The van der Waals surface area contributed by atoms with Crippen molar-refractivity contribution in [2.45, 2.75) is 19.8 Å². The lowest BCUT2D eigenvalue weighted by Crippen LogP contribution is -2.48. The second kappa shape index (κ2) is 7.21. The van der Waals surface area contributed by atoms with Crippen molar-refractivity contribution in [3.05, 3.63) is 52.4 Å². The molecule has 1 saturated heterocycles.